The molecule has 2 aliphatic carbocycles. The second-order valence-corrected chi connectivity index (χ2v) is 4.76. The molecule has 0 aromatic heterocycles. The lowest BCUT2D eigenvalue weighted by Crippen LogP contribution is -2.45. The number of hydrogen-bond donors (Lipinski definition) is 1. The average Bonchev–Trinajstić information content (AvgIpc) is 2.17. The number of carbonyl (C=O) groups excluding carboxylic acids is 1. The number of nitrogens with two attached hydrogens (primary N) is 1. The molecule has 2 nitrogen and oxygen atoms in total. The van der Waals surface area contributed by atoms with Gasteiger partial charge in [0.1, 0.15) is 5.78 Å². The predicted octanol–water partition coefficient (Wildman–Crippen LogP) is 1.87. The molecular formula is C11H19NO. The van der Waals surface area contributed by atoms with Crippen molar-refractivity contribution in [2.45, 2.75) is 44.9 Å². The second-order valence-electron chi connectivity index (χ2n) is 4.76. The van der Waals surface area contributed by atoms with Crippen LogP contribution < -0.4 is 5.73 Å². The Bertz CT molecular complexity index is 214. The maximum Gasteiger partial charge on any atom is 0.133 e. The number of Topliss-reactive ketones (excluding diaryl/α,β-unsaturated/α-hetero) is 1. The smallest absolute Gasteiger partial charge is 0.133 e. The maximum atomic E-state index is 11.4. The summed E-state index contributed by atoms with van der Waals surface area (Å²) in [6, 6.07) is 0. The first kappa shape index (κ1) is 9.20. The molecule has 2 atom stereocenters. The first-order valence-corrected chi connectivity index (χ1v) is 5.49. The molecule has 2 fully saturated rings. The van der Waals surface area contributed by atoms with E-state index in [1.807, 2.05) is 0 Å². The van der Waals surface area contributed by atoms with Gasteiger partial charge >= 0.3 is 0 Å². The van der Waals surface area contributed by atoms with Crippen LogP contribution in [0.1, 0.15) is 44.9 Å². The van der Waals surface area contributed by atoms with Crippen LogP contribution in [0.5, 0.6) is 0 Å². The first-order chi connectivity index (χ1) is 6.27. The minimum atomic E-state index is 0.216. The summed E-state index contributed by atoms with van der Waals surface area (Å²) in [4.78, 5) is 11.4. The molecule has 0 unspecified atom stereocenters. The van der Waals surface area contributed by atoms with Gasteiger partial charge in [0, 0.05) is 12.8 Å². The molecule has 0 radical (unpaired) electrons. The largest absolute Gasteiger partial charge is 0.330 e. The van der Waals surface area contributed by atoms with E-state index in [-0.39, 0.29) is 5.41 Å². The van der Waals surface area contributed by atoms with Gasteiger partial charge in [-0.3, -0.25) is 4.79 Å². The van der Waals surface area contributed by atoms with E-state index >= 15 is 0 Å². The Balaban J connectivity index is 2.16. The van der Waals surface area contributed by atoms with Crippen molar-refractivity contribution in [3.8, 4) is 0 Å². The van der Waals surface area contributed by atoms with Gasteiger partial charge in [-0.2, -0.15) is 0 Å². The Morgan fingerprint density at radius 2 is 2.23 bits per heavy atom. The highest BCUT2D eigenvalue weighted by atomic mass is 16.1. The zero-order chi connectivity index (χ0) is 9.31. The number of rotatable bonds is 1. The number of carbonyl (C=O) groups is 1. The van der Waals surface area contributed by atoms with Crippen molar-refractivity contribution in [1.29, 1.82) is 0 Å². The third-order valence-electron chi connectivity index (χ3n) is 4.07. The molecule has 2 saturated carbocycles. The topological polar surface area (TPSA) is 43.1 Å². The van der Waals surface area contributed by atoms with Gasteiger partial charge < -0.3 is 5.73 Å². The summed E-state index contributed by atoms with van der Waals surface area (Å²) in [6.45, 7) is 0.726. The minimum Gasteiger partial charge on any atom is -0.330 e. The molecule has 0 heterocycles. The molecule has 0 aromatic carbocycles. The summed E-state index contributed by atoms with van der Waals surface area (Å²) in [7, 11) is 0. The van der Waals surface area contributed by atoms with Crippen LogP contribution in [0.3, 0.4) is 0 Å². The van der Waals surface area contributed by atoms with Crippen LogP contribution in [0, 0.1) is 11.3 Å². The Morgan fingerprint density at radius 3 is 3.00 bits per heavy atom. The number of fused-ring (bicyclic) bond motifs is 1. The monoisotopic (exact) mass is 181 g/mol. The van der Waals surface area contributed by atoms with E-state index in [1.54, 1.807) is 0 Å². The Labute approximate surface area is 79.9 Å². The molecule has 2 rings (SSSR count). The molecule has 13 heavy (non-hydrogen) atoms. The van der Waals surface area contributed by atoms with Gasteiger partial charge in [-0.25, -0.2) is 0 Å². The zero-order valence-electron chi connectivity index (χ0n) is 8.22. The van der Waals surface area contributed by atoms with Crippen LogP contribution in [0.4, 0.5) is 0 Å². The van der Waals surface area contributed by atoms with Crippen molar-refractivity contribution in [2.75, 3.05) is 6.54 Å². The van der Waals surface area contributed by atoms with Crippen molar-refractivity contribution in [2.24, 2.45) is 17.1 Å². The molecule has 0 saturated heterocycles. The van der Waals surface area contributed by atoms with E-state index in [0.29, 0.717) is 5.78 Å². The van der Waals surface area contributed by atoms with Crippen molar-refractivity contribution in [3.63, 3.8) is 0 Å². The van der Waals surface area contributed by atoms with Crippen molar-refractivity contribution >= 4 is 5.78 Å². The molecule has 2 aliphatic rings. The number of hydrogen-bond acceptors (Lipinski definition) is 2. The van der Waals surface area contributed by atoms with E-state index in [2.05, 4.69) is 0 Å². The highest BCUT2D eigenvalue weighted by Gasteiger charge is 2.43. The summed E-state index contributed by atoms with van der Waals surface area (Å²) < 4.78 is 0. The molecule has 0 aromatic rings. The maximum absolute atomic E-state index is 11.4. The predicted molar refractivity (Wildman–Crippen MR) is 52.3 cm³/mol. The average molecular weight is 181 g/mol. The van der Waals surface area contributed by atoms with Crippen LogP contribution >= 0.6 is 0 Å². The zero-order valence-corrected chi connectivity index (χ0v) is 8.22. The molecule has 2 N–H and O–H groups in total. The summed E-state index contributed by atoms with van der Waals surface area (Å²) >= 11 is 0. The third-order valence-corrected chi connectivity index (χ3v) is 4.07. The summed E-state index contributed by atoms with van der Waals surface area (Å²) in [5.41, 5.74) is 6.07. The second kappa shape index (κ2) is 3.41. The third kappa shape index (κ3) is 1.52. The van der Waals surface area contributed by atoms with Crippen LogP contribution in [0.15, 0.2) is 0 Å². The Kier molecular flexibility index (Phi) is 2.41. The van der Waals surface area contributed by atoms with Gasteiger partial charge in [0.15, 0.2) is 0 Å². The quantitative estimate of drug-likeness (QED) is 0.671. The first-order valence-electron chi connectivity index (χ1n) is 5.49. The van der Waals surface area contributed by atoms with Crippen LogP contribution in [0.25, 0.3) is 0 Å². The summed E-state index contributed by atoms with van der Waals surface area (Å²) in [6.07, 6.45) is 7.82. The number of ketones is 1. The van der Waals surface area contributed by atoms with E-state index in [9.17, 15) is 4.79 Å². The van der Waals surface area contributed by atoms with Crippen molar-refractivity contribution < 1.29 is 4.79 Å². The Hall–Kier alpha value is -0.370. The van der Waals surface area contributed by atoms with Gasteiger partial charge in [0.05, 0.1) is 0 Å². The fourth-order valence-electron chi connectivity index (χ4n) is 3.22. The lowest BCUT2D eigenvalue weighted by atomic mass is 9.59. The standard InChI is InChI=1S/C11H19NO/c12-8-11-6-2-1-3-9(11)4-5-10(13)7-11/h9H,1-8,12H2/t9-,11-/m1/s1. The van der Waals surface area contributed by atoms with E-state index < -0.39 is 0 Å². The molecule has 2 heteroatoms. The molecule has 0 aliphatic heterocycles. The van der Waals surface area contributed by atoms with Gasteiger partial charge in [0.2, 0.25) is 0 Å². The fourth-order valence-corrected chi connectivity index (χ4v) is 3.22. The van der Waals surface area contributed by atoms with Crippen molar-refractivity contribution in [3.05, 3.63) is 0 Å². The van der Waals surface area contributed by atoms with Crippen molar-refractivity contribution in [1.82, 2.24) is 0 Å². The molecule has 0 amide bonds. The lowest BCUT2D eigenvalue weighted by molar-refractivity contribution is -0.127. The van der Waals surface area contributed by atoms with Gasteiger partial charge in [-0.1, -0.05) is 12.8 Å². The van der Waals surface area contributed by atoms with Gasteiger partial charge in [0.25, 0.3) is 0 Å². The molecular weight excluding hydrogens is 162 g/mol. The molecule has 74 valence electrons. The SMILES string of the molecule is NC[C@]12CCCC[C@@H]1CCC(=O)C2. The summed E-state index contributed by atoms with van der Waals surface area (Å²) in [5.74, 6) is 1.20. The fraction of sp³-hybridized carbons (Fsp3) is 0.909. The normalized spacial score (nSPS) is 40.1. The minimum absolute atomic E-state index is 0.216. The summed E-state index contributed by atoms with van der Waals surface area (Å²) in [5, 5.41) is 0. The molecule has 0 spiro atoms. The highest BCUT2D eigenvalue weighted by molar-refractivity contribution is 5.80. The van der Waals surface area contributed by atoms with Crippen LogP contribution in [0.2, 0.25) is 0 Å². The van der Waals surface area contributed by atoms with Gasteiger partial charge in [-0.05, 0) is 37.1 Å². The highest BCUT2D eigenvalue weighted by Crippen LogP contribution is 2.48. The van der Waals surface area contributed by atoms with Gasteiger partial charge in [-0.15, -0.1) is 0 Å². The van der Waals surface area contributed by atoms with E-state index in [4.69, 9.17) is 5.73 Å². The molecule has 0 bridgehead atoms. The van der Waals surface area contributed by atoms with Crippen LogP contribution in [-0.4, -0.2) is 12.3 Å². The van der Waals surface area contributed by atoms with E-state index in [1.165, 1.54) is 25.7 Å². The van der Waals surface area contributed by atoms with E-state index in [0.717, 1.165) is 31.7 Å². The lowest BCUT2D eigenvalue weighted by Gasteiger charge is -2.46. The van der Waals surface area contributed by atoms with Crippen LogP contribution in [-0.2, 0) is 4.79 Å². The Morgan fingerprint density at radius 1 is 1.38 bits per heavy atom.